The van der Waals surface area contributed by atoms with Gasteiger partial charge in [-0.1, -0.05) is 12.1 Å². The van der Waals surface area contributed by atoms with E-state index in [-0.39, 0.29) is 11.7 Å². The highest BCUT2D eigenvalue weighted by molar-refractivity contribution is 8.18. The fraction of sp³-hybridized carbons (Fsp3) is 0.273. The molecule has 5 nitrogen and oxygen atoms in total. The van der Waals surface area contributed by atoms with Crippen molar-refractivity contribution in [3.05, 3.63) is 64.8 Å². The van der Waals surface area contributed by atoms with Gasteiger partial charge in [0.15, 0.2) is 5.17 Å². The van der Waals surface area contributed by atoms with Gasteiger partial charge in [0.2, 0.25) is 0 Å². The molecular weight excluding hydrogens is 387 g/mol. The van der Waals surface area contributed by atoms with Crippen molar-refractivity contribution < 1.29 is 9.18 Å². The van der Waals surface area contributed by atoms with Gasteiger partial charge < -0.3 is 14.7 Å². The lowest BCUT2D eigenvalue weighted by Crippen LogP contribution is -2.47. The molecule has 0 saturated carbocycles. The van der Waals surface area contributed by atoms with Crippen LogP contribution in [0.5, 0.6) is 0 Å². The molecule has 0 spiro atoms. The number of carbonyl (C=O) groups excluding carboxylic acids is 1. The Balaban J connectivity index is 1.38. The van der Waals surface area contributed by atoms with Gasteiger partial charge in [-0.25, -0.2) is 4.39 Å². The minimum Gasteiger partial charge on any atom is -0.378 e. The number of aliphatic imine (C=N–C) groups is 1. The van der Waals surface area contributed by atoms with Gasteiger partial charge in [0.25, 0.3) is 5.91 Å². The summed E-state index contributed by atoms with van der Waals surface area (Å²) in [7, 11) is 4.00. The molecule has 4 rings (SSSR count). The Bertz CT molecular complexity index is 946. The molecule has 2 aromatic carbocycles. The van der Waals surface area contributed by atoms with E-state index < -0.39 is 0 Å². The highest BCUT2D eigenvalue weighted by Gasteiger charge is 2.28. The molecule has 0 atom stereocenters. The zero-order chi connectivity index (χ0) is 20.4. The lowest BCUT2D eigenvalue weighted by Gasteiger charge is -2.36. The van der Waals surface area contributed by atoms with Crippen LogP contribution in [0, 0.1) is 5.82 Å². The van der Waals surface area contributed by atoms with Gasteiger partial charge in [-0.15, -0.1) is 0 Å². The fourth-order valence-electron chi connectivity index (χ4n) is 3.36. The first-order valence-electron chi connectivity index (χ1n) is 9.55. The van der Waals surface area contributed by atoms with E-state index in [9.17, 15) is 9.18 Å². The monoisotopic (exact) mass is 410 g/mol. The van der Waals surface area contributed by atoms with Gasteiger partial charge >= 0.3 is 0 Å². The van der Waals surface area contributed by atoms with Crippen molar-refractivity contribution >= 4 is 40.3 Å². The first-order valence-corrected chi connectivity index (χ1v) is 10.4. The number of carbonyl (C=O) groups is 1. The number of piperazine rings is 1. The SMILES string of the molecule is CN(C)c1ccc(/C=C2\SC(N3CCN(c4ccc(F)cc4)CC3)=NC2=O)cc1. The van der Waals surface area contributed by atoms with Crippen LogP contribution in [0.2, 0.25) is 0 Å². The van der Waals surface area contributed by atoms with Crippen molar-refractivity contribution in [3.63, 3.8) is 0 Å². The number of anilines is 2. The van der Waals surface area contributed by atoms with Crippen molar-refractivity contribution in [2.24, 2.45) is 4.99 Å². The van der Waals surface area contributed by atoms with Gasteiger partial charge in [0, 0.05) is 51.6 Å². The molecule has 0 aliphatic carbocycles. The molecule has 2 aromatic rings. The van der Waals surface area contributed by atoms with Crippen molar-refractivity contribution in [1.82, 2.24) is 4.90 Å². The summed E-state index contributed by atoms with van der Waals surface area (Å²) in [5.74, 6) is -0.402. The predicted molar refractivity (Wildman–Crippen MR) is 119 cm³/mol. The number of nitrogens with zero attached hydrogens (tertiary/aromatic N) is 4. The number of thioether (sulfide) groups is 1. The summed E-state index contributed by atoms with van der Waals surface area (Å²) in [6.45, 7) is 3.18. The molecule has 2 aliphatic heterocycles. The molecule has 2 aliphatic rings. The molecule has 150 valence electrons. The average Bonchev–Trinajstić information content (AvgIpc) is 3.09. The lowest BCUT2D eigenvalue weighted by molar-refractivity contribution is -0.113. The first-order chi connectivity index (χ1) is 14.0. The number of hydrogen-bond acceptors (Lipinski definition) is 5. The highest BCUT2D eigenvalue weighted by atomic mass is 32.2. The number of rotatable bonds is 3. The molecule has 29 heavy (non-hydrogen) atoms. The summed E-state index contributed by atoms with van der Waals surface area (Å²) in [5.41, 5.74) is 3.13. The van der Waals surface area contributed by atoms with Gasteiger partial charge in [0.1, 0.15) is 5.82 Å². The Morgan fingerprint density at radius 3 is 2.21 bits per heavy atom. The van der Waals surface area contributed by atoms with Crippen LogP contribution in [-0.4, -0.2) is 56.2 Å². The maximum atomic E-state index is 13.1. The molecule has 0 unspecified atom stereocenters. The molecular formula is C22H23FN4OS. The van der Waals surface area contributed by atoms with E-state index in [1.807, 2.05) is 49.3 Å². The summed E-state index contributed by atoms with van der Waals surface area (Å²) >= 11 is 1.44. The van der Waals surface area contributed by atoms with Crippen LogP contribution in [0.1, 0.15) is 5.56 Å². The van der Waals surface area contributed by atoms with Crippen molar-refractivity contribution in [3.8, 4) is 0 Å². The number of amides is 1. The molecule has 1 amide bonds. The van der Waals surface area contributed by atoms with Crippen LogP contribution in [0.4, 0.5) is 15.8 Å². The standard InChI is InChI=1S/C22H23FN4OS/c1-25(2)18-7-3-16(4-8-18)15-20-21(28)24-22(29-20)27-13-11-26(12-14-27)19-9-5-17(23)6-10-19/h3-10,15H,11-14H2,1-2H3/b20-15-. The second-order valence-corrected chi connectivity index (χ2v) is 8.26. The third kappa shape index (κ3) is 4.45. The van der Waals surface area contributed by atoms with Crippen LogP contribution in [0.25, 0.3) is 6.08 Å². The van der Waals surface area contributed by atoms with Crippen molar-refractivity contribution in [1.29, 1.82) is 0 Å². The normalized spacial score (nSPS) is 18.4. The second kappa shape index (κ2) is 8.29. The summed E-state index contributed by atoms with van der Waals surface area (Å²) in [4.78, 5) is 23.7. The zero-order valence-electron chi connectivity index (χ0n) is 16.5. The zero-order valence-corrected chi connectivity index (χ0v) is 17.3. The van der Waals surface area contributed by atoms with Crippen molar-refractivity contribution in [2.45, 2.75) is 0 Å². The summed E-state index contributed by atoms with van der Waals surface area (Å²) in [5, 5.41) is 0.768. The average molecular weight is 411 g/mol. The largest absolute Gasteiger partial charge is 0.378 e. The molecule has 0 radical (unpaired) electrons. The smallest absolute Gasteiger partial charge is 0.286 e. The van der Waals surface area contributed by atoms with E-state index in [1.165, 1.54) is 23.9 Å². The maximum absolute atomic E-state index is 13.1. The van der Waals surface area contributed by atoms with Crippen molar-refractivity contribution in [2.75, 3.05) is 50.1 Å². The Morgan fingerprint density at radius 1 is 0.966 bits per heavy atom. The molecule has 1 saturated heterocycles. The highest BCUT2D eigenvalue weighted by Crippen LogP contribution is 2.31. The quantitative estimate of drug-likeness (QED) is 0.722. The Hall–Kier alpha value is -2.80. The van der Waals surface area contributed by atoms with E-state index in [0.29, 0.717) is 4.91 Å². The Morgan fingerprint density at radius 2 is 1.59 bits per heavy atom. The second-order valence-electron chi connectivity index (χ2n) is 7.25. The number of benzene rings is 2. The van der Waals surface area contributed by atoms with Crippen LogP contribution in [0.3, 0.4) is 0 Å². The molecule has 0 bridgehead atoms. The van der Waals surface area contributed by atoms with Gasteiger partial charge in [-0.3, -0.25) is 4.79 Å². The maximum Gasteiger partial charge on any atom is 0.286 e. The minimum absolute atomic E-state index is 0.178. The van der Waals surface area contributed by atoms with Gasteiger partial charge in [-0.05, 0) is 59.8 Å². The van der Waals surface area contributed by atoms with Gasteiger partial charge in [0.05, 0.1) is 4.91 Å². The molecule has 0 N–H and O–H groups in total. The number of hydrogen-bond donors (Lipinski definition) is 0. The third-order valence-electron chi connectivity index (χ3n) is 5.06. The lowest BCUT2D eigenvalue weighted by atomic mass is 10.2. The topological polar surface area (TPSA) is 39.1 Å². The Kier molecular flexibility index (Phi) is 5.58. The van der Waals surface area contributed by atoms with Gasteiger partial charge in [-0.2, -0.15) is 4.99 Å². The third-order valence-corrected chi connectivity index (χ3v) is 6.10. The van der Waals surface area contributed by atoms with E-state index in [4.69, 9.17) is 0 Å². The fourth-order valence-corrected chi connectivity index (χ4v) is 4.33. The van der Waals surface area contributed by atoms with E-state index in [0.717, 1.165) is 48.3 Å². The van der Waals surface area contributed by atoms with Crippen LogP contribution in [0.15, 0.2) is 58.4 Å². The Labute approximate surface area is 174 Å². The molecule has 1 fully saturated rings. The van der Waals surface area contributed by atoms with Crippen LogP contribution in [-0.2, 0) is 4.79 Å². The van der Waals surface area contributed by atoms with Crippen LogP contribution >= 0.6 is 11.8 Å². The molecule has 7 heteroatoms. The van der Waals surface area contributed by atoms with E-state index >= 15 is 0 Å². The summed E-state index contributed by atoms with van der Waals surface area (Å²) in [6, 6.07) is 14.7. The number of amidine groups is 1. The van der Waals surface area contributed by atoms with E-state index in [2.05, 4.69) is 14.8 Å². The first kappa shape index (κ1) is 19.5. The summed E-state index contributed by atoms with van der Waals surface area (Å²) < 4.78 is 13.1. The predicted octanol–water partition coefficient (Wildman–Crippen LogP) is 3.68. The molecule has 0 aromatic heterocycles. The summed E-state index contributed by atoms with van der Waals surface area (Å²) in [6.07, 6.45) is 1.90. The minimum atomic E-state index is -0.224. The van der Waals surface area contributed by atoms with Crippen LogP contribution < -0.4 is 9.80 Å². The van der Waals surface area contributed by atoms with E-state index in [1.54, 1.807) is 12.1 Å². The molecule has 2 heterocycles. The number of halogens is 1.